The van der Waals surface area contributed by atoms with Gasteiger partial charge < -0.3 is 5.32 Å². The van der Waals surface area contributed by atoms with Gasteiger partial charge >= 0.3 is 0 Å². The molecule has 0 aromatic heterocycles. The minimum absolute atomic E-state index is 0.612. The van der Waals surface area contributed by atoms with Crippen LogP contribution in [0.25, 0.3) is 0 Å². The molecule has 0 radical (unpaired) electrons. The van der Waals surface area contributed by atoms with Crippen LogP contribution in [-0.2, 0) is 0 Å². The Kier molecular flexibility index (Phi) is 17.7. The van der Waals surface area contributed by atoms with Crippen molar-refractivity contribution in [2.24, 2.45) is 0 Å². The Hall–Kier alpha value is 0.480. The van der Waals surface area contributed by atoms with E-state index in [2.05, 4.69) is 57.2 Å². The molecule has 1 aliphatic rings. The molecule has 1 unspecified atom stereocenters. The molecule has 4 heteroatoms. The maximum absolute atomic E-state index is 3.61. The summed E-state index contributed by atoms with van der Waals surface area (Å²) in [6, 6.07) is 0.612. The summed E-state index contributed by atoms with van der Waals surface area (Å²) in [6.45, 7) is 10.7. The molecule has 0 fully saturated rings. The Morgan fingerprint density at radius 2 is 1.96 bits per heavy atom. The molecular formula is C19H37IN2S. The molecule has 2 N–H and O–H groups in total. The van der Waals surface area contributed by atoms with Gasteiger partial charge in [0.1, 0.15) is 0 Å². The standard InChI is InChI=1S/C17H31IN2S.C2H6/c1-3-4-8-17(20-21-18)14-19-13-6-5-7-16-11-9-15(2)10-12-16;1-2/h9,12,17,19-20H,3-8,10-11,13-14H2,1-2H3;1-2H3. The summed E-state index contributed by atoms with van der Waals surface area (Å²) in [5.41, 5.74) is 3.17. The maximum atomic E-state index is 3.61. The number of unbranched alkanes of at least 4 members (excludes halogenated alkanes) is 2. The molecule has 0 amide bonds. The SMILES string of the molecule is CC.CCCCC(CNCCCCC1=CCC(C)=CC1)NSI. The molecule has 2 nitrogen and oxygen atoms in total. The van der Waals surface area contributed by atoms with Crippen LogP contribution in [0.2, 0.25) is 0 Å². The minimum atomic E-state index is 0.612. The highest BCUT2D eigenvalue weighted by Crippen LogP contribution is 2.20. The highest BCUT2D eigenvalue weighted by atomic mass is 127. The Morgan fingerprint density at radius 1 is 1.17 bits per heavy atom. The smallest absolute Gasteiger partial charge is 0.0303 e. The molecule has 136 valence electrons. The van der Waals surface area contributed by atoms with Crippen LogP contribution in [0.4, 0.5) is 0 Å². The number of rotatable bonds is 12. The number of allylic oxidation sites excluding steroid dienone is 4. The van der Waals surface area contributed by atoms with Crippen molar-refractivity contribution in [2.75, 3.05) is 13.1 Å². The molecule has 0 bridgehead atoms. The normalized spacial score (nSPS) is 15.3. The molecule has 0 heterocycles. The highest BCUT2D eigenvalue weighted by Gasteiger charge is 2.06. The molecule has 23 heavy (non-hydrogen) atoms. The Labute approximate surface area is 161 Å². The van der Waals surface area contributed by atoms with Crippen LogP contribution in [0.5, 0.6) is 0 Å². The van der Waals surface area contributed by atoms with Crippen LogP contribution >= 0.6 is 30.3 Å². The van der Waals surface area contributed by atoms with Crippen molar-refractivity contribution >= 4 is 30.3 Å². The molecule has 1 rings (SSSR count). The van der Waals surface area contributed by atoms with E-state index in [9.17, 15) is 0 Å². The van der Waals surface area contributed by atoms with Gasteiger partial charge in [-0.25, -0.2) is 0 Å². The lowest BCUT2D eigenvalue weighted by Gasteiger charge is -2.17. The molecule has 0 saturated heterocycles. The van der Waals surface area contributed by atoms with Crippen LogP contribution in [0, 0.1) is 0 Å². The lowest BCUT2D eigenvalue weighted by molar-refractivity contribution is 0.496. The van der Waals surface area contributed by atoms with Crippen molar-refractivity contribution in [1.29, 1.82) is 0 Å². The van der Waals surface area contributed by atoms with Crippen molar-refractivity contribution < 1.29 is 0 Å². The maximum Gasteiger partial charge on any atom is 0.0303 e. The number of hydrogen-bond donors (Lipinski definition) is 2. The summed E-state index contributed by atoms with van der Waals surface area (Å²) >= 11 is 2.32. The average Bonchev–Trinajstić information content (AvgIpc) is 2.59. The minimum Gasteiger partial charge on any atom is -0.315 e. The zero-order valence-electron chi connectivity index (χ0n) is 15.6. The van der Waals surface area contributed by atoms with Gasteiger partial charge in [-0.05, 0) is 61.1 Å². The molecule has 0 saturated carbocycles. The first-order valence-electron chi connectivity index (χ1n) is 9.33. The summed E-state index contributed by atoms with van der Waals surface area (Å²) in [7, 11) is 1.71. The number of hydrogen-bond acceptors (Lipinski definition) is 3. The van der Waals surface area contributed by atoms with E-state index in [-0.39, 0.29) is 0 Å². The van der Waals surface area contributed by atoms with Crippen LogP contribution in [0.1, 0.15) is 79.1 Å². The van der Waals surface area contributed by atoms with E-state index >= 15 is 0 Å². The second kappa shape index (κ2) is 17.3. The van der Waals surface area contributed by atoms with Gasteiger partial charge in [0.05, 0.1) is 0 Å². The van der Waals surface area contributed by atoms with Crippen molar-refractivity contribution in [3.05, 3.63) is 23.3 Å². The van der Waals surface area contributed by atoms with E-state index in [0.29, 0.717) is 6.04 Å². The summed E-state index contributed by atoms with van der Waals surface area (Å²) < 4.78 is 3.49. The quantitative estimate of drug-likeness (QED) is 0.151. The zero-order valence-corrected chi connectivity index (χ0v) is 18.6. The van der Waals surface area contributed by atoms with Crippen LogP contribution in [-0.4, -0.2) is 19.1 Å². The van der Waals surface area contributed by atoms with Crippen molar-refractivity contribution in [3.8, 4) is 0 Å². The van der Waals surface area contributed by atoms with E-state index in [1.165, 1.54) is 56.9 Å². The van der Waals surface area contributed by atoms with Gasteiger partial charge in [0, 0.05) is 33.8 Å². The summed E-state index contributed by atoms with van der Waals surface area (Å²) in [5.74, 6) is 0. The van der Waals surface area contributed by atoms with Crippen LogP contribution < -0.4 is 10.0 Å². The largest absolute Gasteiger partial charge is 0.315 e. The first-order chi connectivity index (χ1) is 11.3. The monoisotopic (exact) mass is 452 g/mol. The zero-order chi connectivity index (χ0) is 17.3. The predicted molar refractivity (Wildman–Crippen MR) is 117 cm³/mol. The highest BCUT2D eigenvalue weighted by molar-refractivity contribution is 14.2. The fraction of sp³-hybridized carbons (Fsp3) is 0.789. The van der Waals surface area contributed by atoms with Crippen LogP contribution in [0.3, 0.4) is 0 Å². The first-order valence-corrected chi connectivity index (χ1v) is 12.7. The number of halogens is 1. The van der Waals surface area contributed by atoms with E-state index in [0.717, 1.165) is 13.1 Å². The molecule has 1 atom stereocenters. The average molecular weight is 452 g/mol. The van der Waals surface area contributed by atoms with Gasteiger partial charge in [0.2, 0.25) is 0 Å². The van der Waals surface area contributed by atoms with E-state index in [4.69, 9.17) is 0 Å². The topological polar surface area (TPSA) is 24.1 Å². The lowest BCUT2D eigenvalue weighted by Crippen LogP contribution is -2.35. The summed E-state index contributed by atoms with van der Waals surface area (Å²) in [4.78, 5) is 0. The van der Waals surface area contributed by atoms with Crippen molar-refractivity contribution in [2.45, 2.75) is 85.1 Å². The molecule has 0 aromatic carbocycles. The Morgan fingerprint density at radius 3 is 2.57 bits per heavy atom. The second-order valence-corrected chi connectivity index (χ2v) is 7.73. The fourth-order valence-electron chi connectivity index (χ4n) is 2.58. The van der Waals surface area contributed by atoms with E-state index in [1.807, 2.05) is 13.8 Å². The van der Waals surface area contributed by atoms with Gasteiger partial charge in [-0.2, -0.15) is 0 Å². The van der Waals surface area contributed by atoms with Gasteiger partial charge in [-0.15, -0.1) is 0 Å². The number of nitrogens with one attached hydrogen (secondary N) is 2. The summed E-state index contributed by atoms with van der Waals surface area (Å²) in [6.07, 6.45) is 15.0. The van der Waals surface area contributed by atoms with E-state index < -0.39 is 0 Å². The van der Waals surface area contributed by atoms with Gasteiger partial charge in [-0.3, -0.25) is 4.72 Å². The molecular weight excluding hydrogens is 415 g/mol. The van der Waals surface area contributed by atoms with Gasteiger partial charge in [-0.1, -0.05) is 56.9 Å². The molecule has 1 aliphatic carbocycles. The van der Waals surface area contributed by atoms with Crippen molar-refractivity contribution in [1.82, 2.24) is 10.0 Å². The Balaban J connectivity index is 0.00000232. The fourth-order valence-corrected chi connectivity index (χ4v) is 3.98. The molecule has 0 aliphatic heterocycles. The third-order valence-corrected chi connectivity index (χ3v) is 5.22. The molecule has 0 spiro atoms. The second-order valence-electron chi connectivity index (χ2n) is 6.02. The summed E-state index contributed by atoms with van der Waals surface area (Å²) in [5, 5.41) is 3.61. The third kappa shape index (κ3) is 13.4. The molecule has 0 aromatic rings. The van der Waals surface area contributed by atoms with Gasteiger partial charge in [0.15, 0.2) is 0 Å². The van der Waals surface area contributed by atoms with Crippen LogP contribution in [0.15, 0.2) is 23.3 Å². The lowest BCUT2D eigenvalue weighted by atomic mass is 9.96. The first kappa shape index (κ1) is 23.5. The third-order valence-electron chi connectivity index (χ3n) is 4.03. The Bertz CT molecular complexity index is 329. The predicted octanol–water partition coefficient (Wildman–Crippen LogP) is 6.59. The van der Waals surface area contributed by atoms with Crippen molar-refractivity contribution in [3.63, 3.8) is 0 Å². The van der Waals surface area contributed by atoms with E-state index in [1.54, 1.807) is 14.7 Å². The van der Waals surface area contributed by atoms with Gasteiger partial charge in [0.25, 0.3) is 0 Å².